The standard InChI is InChI=1S/C31H52N7O17P3S/c1-18(2)7-6-8-19(3)13-22(40)59-12-11-33-21(39)9-10-34-29(43)26(42)31(4,5)15-52-58(49,50)55-57(47,48)51-14-20-25(54-56(44,45)46)24(41)30(53-20)38-17-37-23-27(32)35-16-36-28(23)38/h7,16-17,19-20,24-26,30,41-42H,6,8-15H2,1-5H3,(H,33,39)(H,34,43)(H,47,48)(H,49,50)(H2,32,35,36)(H2,44,45,46)/t19?,20-,24-,25-,26?,30-/m1/s1. The highest BCUT2D eigenvalue weighted by Crippen LogP contribution is 2.61. The number of amides is 2. The molecule has 1 fully saturated rings. The number of nitrogens with zero attached hydrogens (tertiary/aromatic N) is 4. The molecule has 0 spiro atoms. The molecule has 0 radical (unpaired) electrons. The second kappa shape index (κ2) is 21.9. The Morgan fingerprint density at radius 2 is 1.75 bits per heavy atom. The molecule has 3 rings (SSSR count). The smallest absolute Gasteiger partial charge is 0.386 e. The van der Waals surface area contributed by atoms with Gasteiger partial charge in [-0.2, -0.15) is 4.31 Å². The summed E-state index contributed by atoms with van der Waals surface area (Å²) in [5.41, 5.74) is 5.50. The van der Waals surface area contributed by atoms with Crippen LogP contribution in [0.1, 0.15) is 66.5 Å². The van der Waals surface area contributed by atoms with Gasteiger partial charge in [0.15, 0.2) is 22.8 Å². The number of thioether (sulfide) groups is 1. The molecule has 1 saturated heterocycles. The summed E-state index contributed by atoms with van der Waals surface area (Å²) in [4.78, 5) is 88.0. The van der Waals surface area contributed by atoms with Crippen LogP contribution in [0.3, 0.4) is 0 Å². The number of fused-ring (bicyclic) bond motifs is 1. The molecule has 1 aliphatic heterocycles. The molecule has 2 aromatic rings. The van der Waals surface area contributed by atoms with Crippen LogP contribution >= 0.6 is 35.2 Å². The molecule has 334 valence electrons. The van der Waals surface area contributed by atoms with E-state index in [1.807, 2.05) is 20.8 Å². The van der Waals surface area contributed by atoms with E-state index in [4.69, 9.17) is 19.5 Å². The van der Waals surface area contributed by atoms with E-state index in [1.165, 1.54) is 19.4 Å². The molecule has 28 heteroatoms. The van der Waals surface area contributed by atoms with E-state index >= 15 is 0 Å². The van der Waals surface area contributed by atoms with Crippen molar-refractivity contribution in [3.63, 3.8) is 0 Å². The van der Waals surface area contributed by atoms with E-state index in [-0.39, 0.29) is 47.5 Å². The van der Waals surface area contributed by atoms with Gasteiger partial charge >= 0.3 is 23.5 Å². The number of nitrogens with two attached hydrogens (primary N) is 1. The average Bonchev–Trinajstić information content (AvgIpc) is 3.67. The number of phosphoric ester groups is 3. The van der Waals surface area contributed by atoms with Crippen molar-refractivity contribution in [3.8, 4) is 0 Å². The van der Waals surface area contributed by atoms with Gasteiger partial charge in [0, 0.05) is 37.1 Å². The number of nitrogen functional groups attached to an aromatic ring is 1. The molecule has 4 unspecified atom stereocenters. The number of imidazole rings is 1. The second-order valence-electron chi connectivity index (χ2n) is 14.5. The number of anilines is 1. The van der Waals surface area contributed by atoms with Crippen LogP contribution in [0.2, 0.25) is 0 Å². The fourth-order valence-corrected chi connectivity index (χ4v) is 9.06. The molecule has 59 heavy (non-hydrogen) atoms. The molecule has 0 aliphatic carbocycles. The lowest BCUT2D eigenvalue weighted by atomic mass is 9.87. The minimum absolute atomic E-state index is 0.0286. The molecule has 10 N–H and O–H groups in total. The van der Waals surface area contributed by atoms with Gasteiger partial charge in [0.2, 0.25) is 11.8 Å². The van der Waals surface area contributed by atoms with Crippen molar-refractivity contribution in [1.82, 2.24) is 30.2 Å². The van der Waals surface area contributed by atoms with Crippen molar-refractivity contribution < 1.29 is 80.5 Å². The number of rotatable bonds is 24. The molecule has 0 bridgehead atoms. The number of nitrogens with one attached hydrogen (secondary N) is 2. The van der Waals surface area contributed by atoms with Crippen molar-refractivity contribution in [2.45, 2.75) is 90.9 Å². The lowest BCUT2D eigenvalue weighted by Crippen LogP contribution is -2.46. The zero-order valence-electron chi connectivity index (χ0n) is 32.9. The van der Waals surface area contributed by atoms with Gasteiger partial charge in [0.05, 0.1) is 19.5 Å². The van der Waals surface area contributed by atoms with Crippen molar-refractivity contribution >= 4 is 69.1 Å². The number of aliphatic hydroxyl groups excluding tert-OH is 2. The van der Waals surface area contributed by atoms with Gasteiger partial charge < -0.3 is 50.9 Å². The Kier molecular flexibility index (Phi) is 18.8. The van der Waals surface area contributed by atoms with E-state index in [0.717, 1.165) is 41.8 Å². The lowest BCUT2D eigenvalue weighted by Gasteiger charge is -2.30. The number of carbonyl (C=O) groups excluding carboxylic acids is 3. The maximum atomic E-state index is 12.7. The van der Waals surface area contributed by atoms with E-state index in [9.17, 15) is 57.9 Å². The van der Waals surface area contributed by atoms with Crippen LogP contribution in [-0.2, 0) is 50.7 Å². The van der Waals surface area contributed by atoms with E-state index in [2.05, 4.69) is 40.5 Å². The first-order chi connectivity index (χ1) is 27.3. The Morgan fingerprint density at radius 1 is 1.07 bits per heavy atom. The first-order valence-electron chi connectivity index (χ1n) is 18.0. The average molecular weight is 920 g/mol. The van der Waals surface area contributed by atoms with Crippen molar-refractivity contribution in [3.05, 3.63) is 24.3 Å². The Balaban J connectivity index is 1.44. The zero-order valence-corrected chi connectivity index (χ0v) is 36.3. The largest absolute Gasteiger partial charge is 0.481 e. The third-order valence-corrected chi connectivity index (χ3v) is 12.5. The molecule has 0 saturated carbocycles. The first kappa shape index (κ1) is 50.7. The maximum Gasteiger partial charge on any atom is 0.481 e. The number of carbonyl (C=O) groups is 3. The fraction of sp³-hybridized carbons (Fsp3) is 0.677. The predicted octanol–water partition coefficient (Wildman–Crippen LogP) is 1.44. The minimum atomic E-state index is -5.57. The molecule has 2 amide bonds. The molecular weight excluding hydrogens is 867 g/mol. The number of aliphatic hydroxyl groups is 2. The lowest BCUT2D eigenvalue weighted by molar-refractivity contribution is -0.137. The summed E-state index contributed by atoms with van der Waals surface area (Å²) in [6.45, 7) is 6.58. The van der Waals surface area contributed by atoms with Gasteiger partial charge in [-0.3, -0.25) is 32.5 Å². The third kappa shape index (κ3) is 16.6. The molecular formula is C31H52N7O17P3S. The number of ether oxygens (including phenoxy) is 1. The topological polar surface area (TPSA) is 364 Å². The van der Waals surface area contributed by atoms with Crippen molar-refractivity contribution in [2.24, 2.45) is 11.3 Å². The Hall–Kier alpha value is -2.70. The summed E-state index contributed by atoms with van der Waals surface area (Å²) < 4.78 is 62.2. The first-order valence-corrected chi connectivity index (χ1v) is 23.5. The SMILES string of the molecule is CC(C)=CCCC(C)CC(=O)SCCNC(=O)CCNC(=O)C(O)C(C)(C)COP(=O)(O)OP(=O)(O)OC[C@H]1O[C@@H](n2cnc3c(N)ncnc32)[C@H](O)[C@@H]1OP(=O)(O)O. The Bertz CT molecular complexity index is 1940. The van der Waals surface area contributed by atoms with E-state index in [1.54, 1.807) is 0 Å². The van der Waals surface area contributed by atoms with Crippen LogP contribution in [0.15, 0.2) is 24.3 Å². The Morgan fingerprint density at radius 3 is 2.41 bits per heavy atom. The summed E-state index contributed by atoms with van der Waals surface area (Å²) in [5, 5.41) is 26.5. The zero-order chi connectivity index (χ0) is 44.3. The van der Waals surface area contributed by atoms with Crippen molar-refractivity contribution in [2.75, 3.05) is 37.8 Å². The van der Waals surface area contributed by atoms with Gasteiger partial charge in [0.25, 0.3) is 0 Å². The maximum absolute atomic E-state index is 12.7. The summed E-state index contributed by atoms with van der Waals surface area (Å²) in [5.74, 6) is -0.835. The number of hydrogen-bond donors (Lipinski definition) is 9. The van der Waals surface area contributed by atoms with Gasteiger partial charge in [-0.25, -0.2) is 28.6 Å². The summed E-state index contributed by atoms with van der Waals surface area (Å²) >= 11 is 1.12. The summed E-state index contributed by atoms with van der Waals surface area (Å²) in [6.07, 6.45) is -2.54. The molecule has 8 atom stereocenters. The van der Waals surface area contributed by atoms with Gasteiger partial charge in [-0.15, -0.1) is 0 Å². The van der Waals surface area contributed by atoms with Gasteiger partial charge in [-0.1, -0.05) is 44.2 Å². The second-order valence-corrected chi connectivity index (χ2v) is 19.8. The highest BCUT2D eigenvalue weighted by Gasteiger charge is 2.50. The van der Waals surface area contributed by atoms with Crippen LogP contribution in [0.5, 0.6) is 0 Å². The molecule has 2 aromatic heterocycles. The van der Waals surface area contributed by atoms with Crippen LogP contribution in [-0.4, -0.2) is 123 Å². The fourth-order valence-electron chi connectivity index (χ4n) is 5.40. The molecule has 3 heterocycles. The normalized spacial score (nSPS) is 21.6. The number of allylic oxidation sites excluding steroid dienone is 2. The van der Waals surface area contributed by atoms with Gasteiger partial charge in [0.1, 0.15) is 36.3 Å². The highest BCUT2D eigenvalue weighted by molar-refractivity contribution is 8.13. The van der Waals surface area contributed by atoms with Crippen molar-refractivity contribution in [1.29, 1.82) is 0 Å². The third-order valence-electron chi connectivity index (χ3n) is 8.49. The predicted molar refractivity (Wildman–Crippen MR) is 210 cm³/mol. The number of aromatic nitrogens is 4. The monoisotopic (exact) mass is 919 g/mol. The molecule has 24 nitrogen and oxygen atoms in total. The highest BCUT2D eigenvalue weighted by atomic mass is 32.2. The summed E-state index contributed by atoms with van der Waals surface area (Å²) in [7, 11) is -16.4. The number of phosphoric acid groups is 3. The molecule has 0 aromatic carbocycles. The van der Waals surface area contributed by atoms with Gasteiger partial charge in [-0.05, 0) is 32.6 Å². The Labute approximate surface area is 343 Å². The minimum Gasteiger partial charge on any atom is -0.386 e. The van der Waals surface area contributed by atoms with Crippen LogP contribution in [0.25, 0.3) is 11.2 Å². The van der Waals surface area contributed by atoms with Crippen LogP contribution < -0.4 is 16.4 Å². The van der Waals surface area contributed by atoms with Crippen LogP contribution in [0.4, 0.5) is 5.82 Å². The van der Waals surface area contributed by atoms with Crippen LogP contribution in [0, 0.1) is 11.3 Å². The number of hydrogen-bond acceptors (Lipinski definition) is 18. The van der Waals surface area contributed by atoms with E-state index < -0.39 is 84.6 Å². The quantitative estimate of drug-likeness (QED) is 0.0408. The van der Waals surface area contributed by atoms with E-state index in [0.29, 0.717) is 12.2 Å². The molecule has 1 aliphatic rings. The summed E-state index contributed by atoms with van der Waals surface area (Å²) in [6, 6.07) is 0.